The normalized spacial score (nSPS) is 20.4. The van der Waals surface area contributed by atoms with Crippen molar-refractivity contribution in [2.24, 2.45) is 0 Å². The van der Waals surface area contributed by atoms with Gasteiger partial charge in [0, 0.05) is 18.7 Å². The fraction of sp³-hybridized carbons (Fsp3) is 0.562. The molecule has 110 valence electrons. The van der Waals surface area contributed by atoms with E-state index in [4.69, 9.17) is 10.5 Å². The summed E-state index contributed by atoms with van der Waals surface area (Å²) in [6.07, 6.45) is 5.05. The lowest BCUT2D eigenvalue weighted by Gasteiger charge is -2.22. The molecule has 1 aliphatic heterocycles. The number of carbonyl (C=O) groups excluding carboxylic acids is 1. The second-order valence-corrected chi connectivity index (χ2v) is 5.49. The van der Waals surface area contributed by atoms with Gasteiger partial charge in [-0.3, -0.25) is 4.79 Å². The summed E-state index contributed by atoms with van der Waals surface area (Å²) in [7, 11) is 0. The fourth-order valence-corrected chi connectivity index (χ4v) is 2.55. The number of carbonyl (C=O) groups is 1. The van der Waals surface area contributed by atoms with E-state index >= 15 is 0 Å². The fourth-order valence-electron chi connectivity index (χ4n) is 2.55. The van der Waals surface area contributed by atoms with Gasteiger partial charge in [-0.2, -0.15) is 0 Å². The van der Waals surface area contributed by atoms with Crippen LogP contribution in [-0.2, 0) is 9.53 Å². The highest BCUT2D eigenvalue weighted by Gasteiger charge is 2.16. The van der Waals surface area contributed by atoms with E-state index in [1.807, 2.05) is 31.2 Å². The number of hydrogen-bond donors (Lipinski definition) is 2. The molecular weight excluding hydrogens is 252 g/mol. The van der Waals surface area contributed by atoms with Crippen molar-refractivity contribution in [1.29, 1.82) is 0 Å². The first-order chi connectivity index (χ1) is 9.65. The molecule has 1 fully saturated rings. The van der Waals surface area contributed by atoms with Gasteiger partial charge in [-0.1, -0.05) is 12.1 Å². The van der Waals surface area contributed by atoms with Crippen LogP contribution < -0.4 is 11.1 Å². The van der Waals surface area contributed by atoms with Crippen molar-refractivity contribution in [3.63, 3.8) is 0 Å². The second kappa shape index (κ2) is 7.29. The number of ether oxygens (including phenoxy) is 1. The van der Waals surface area contributed by atoms with Crippen LogP contribution in [0.25, 0.3) is 0 Å². The zero-order chi connectivity index (χ0) is 14.4. The first-order valence-corrected chi connectivity index (χ1v) is 7.41. The molecule has 3 N–H and O–H groups in total. The summed E-state index contributed by atoms with van der Waals surface area (Å²) >= 11 is 0. The van der Waals surface area contributed by atoms with Gasteiger partial charge in [0.2, 0.25) is 5.91 Å². The van der Waals surface area contributed by atoms with Crippen LogP contribution in [0.5, 0.6) is 0 Å². The molecule has 20 heavy (non-hydrogen) atoms. The molecule has 4 nitrogen and oxygen atoms in total. The number of anilines is 1. The van der Waals surface area contributed by atoms with E-state index < -0.39 is 0 Å². The Labute approximate surface area is 120 Å². The summed E-state index contributed by atoms with van der Waals surface area (Å²) in [5.74, 6) is 0.0779. The minimum Gasteiger partial charge on any atom is -0.399 e. The van der Waals surface area contributed by atoms with Crippen LogP contribution in [0.15, 0.2) is 24.3 Å². The minimum absolute atomic E-state index is 0.0155. The summed E-state index contributed by atoms with van der Waals surface area (Å²) in [5.41, 5.74) is 7.51. The van der Waals surface area contributed by atoms with Crippen molar-refractivity contribution in [3.8, 4) is 0 Å². The van der Waals surface area contributed by atoms with Gasteiger partial charge in [0.1, 0.15) is 0 Å². The van der Waals surface area contributed by atoms with Crippen molar-refractivity contribution in [1.82, 2.24) is 5.32 Å². The van der Waals surface area contributed by atoms with Crippen LogP contribution in [0.1, 0.15) is 50.6 Å². The van der Waals surface area contributed by atoms with Gasteiger partial charge < -0.3 is 15.8 Å². The maximum absolute atomic E-state index is 12.0. The number of nitrogens with two attached hydrogens (primary N) is 1. The van der Waals surface area contributed by atoms with Crippen molar-refractivity contribution >= 4 is 11.6 Å². The van der Waals surface area contributed by atoms with Gasteiger partial charge in [0.05, 0.1) is 12.1 Å². The van der Waals surface area contributed by atoms with Crippen LogP contribution >= 0.6 is 0 Å². The first-order valence-electron chi connectivity index (χ1n) is 7.41. The lowest BCUT2D eigenvalue weighted by molar-refractivity contribution is -0.122. The topological polar surface area (TPSA) is 64.3 Å². The number of rotatable bonds is 5. The van der Waals surface area contributed by atoms with E-state index in [0.717, 1.165) is 37.1 Å². The summed E-state index contributed by atoms with van der Waals surface area (Å²) in [6, 6.07) is 7.61. The highest BCUT2D eigenvalue weighted by molar-refractivity contribution is 5.76. The number of nitrogens with one attached hydrogen (secondary N) is 1. The maximum atomic E-state index is 12.0. The summed E-state index contributed by atoms with van der Waals surface area (Å²) in [4.78, 5) is 12.0. The molecule has 0 radical (unpaired) electrons. The molecule has 2 unspecified atom stereocenters. The van der Waals surface area contributed by atoms with Gasteiger partial charge >= 0.3 is 0 Å². The number of benzene rings is 1. The number of amides is 1. The predicted octanol–water partition coefficient (Wildman–Crippen LogP) is 2.80. The zero-order valence-corrected chi connectivity index (χ0v) is 12.1. The molecule has 0 aromatic heterocycles. The highest BCUT2D eigenvalue weighted by Crippen LogP contribution is 2.18. The van der Waals surface area contributed by atoms with E-state index in [9.17, 15) is 4.79 Å². The molecule has 0 bridgehead atoms. The molecule has 2 rings (SSSR count). The van der Waals surface area contributed by atoms with Gasteiger partial charge in [-0.05, 0) is 50.3 Å². The van der Waals surface area contributed by atoms with Gasteiger partial charge in [0.15, 0.2) is 0 Å². The van der Waals surface area contributed by atoms with Crippen molar-refractivity contribution in [2.45, 2.75) is 51.2 Å². The molecule has 0 aliphatic carbocycles. The highest BCUT2D eigenvalue weighted by atomic mass is 16.5. The predicted molar refractivity (Wildman–Crippen MR) is 80.2 cm³/mol. The molecule has 1 amide bonds. The van der Waals surface area contributed by atoms with Crippen molar-refractivity contribution < 1.29 is 9.53 Å². The summed E-state index contributed by atoms with van der Waals surface area (Å²) < 4.78 is 5.64. The van der Waals surface area contributed by atoms with Gasteiger partial charge in [-0.25, -0.2) is 0 Å². The smallest absolute Gasteiger partial charge is 0.220 e. The van der Waals surface area contributed by atoms with E-state index in [2.05, 4.69) is 5.32 Å². The Bertz CT molecular complexity index is 442. The Morgan fingerprint density at radius 3 is 3.05 bits per heavy atom. The second-order valence-electron chi connectivity index (χ2n) is 5.49. The van der Waals surface area contributed by atoms with Crippen molar-refractivity contribution in [2.75, 3.05) is 12.3 Å². The van der Waals surface area contributed by atoms with Gasteiger partial charge in [-0.15, -0.1) is 0 Å². The molecule has 0 saturated carbocycles. The largest absolute Gasteiger partial charge is 0.399 e. The number of hydrogen-bond acceptors (Lipinski definition) is 3. The molecule has 1 aromatic rings. The lowest BCUT2D eigenvalue weighted by atomic mass is 10.0. The first kappa shape index (κ1) is 14.9. The lowest BCUT2D eigenvalue weighted by Crippen LogP contribution is -2.28. The third-order valence-electron chi connectivity index (χ3n) is 3.76. The van der Waals surface area contributed by atoms with Crippen LogP contribution in [0.4, 0.5) is 5.69 Å². The Morgan fingerprint density at radius 1 is 1.50 bits per heavy atom. The molecule has 1 heterocycles. The third-order valence-corrected chi connectivity index (χ3v) is 3.76. The summed E-state index contributed by atoms with van der Waals surface area (Å²) in [6.45, 7) is 2.82. The minimum atomic E-state index is -0.0155. The Hall–Kier alpha value is -1.55. The zero-order valence-electron chi connectivity index (χ0n) is 12.1. The maximum Gasteiger partial charge on any atom is 0.220 e. The van der Waals surface area contributed by atoms with Gasteiger partial charge in [0.25, 0.3) is 0 Å². The van der Waals surface area contributed by atoms with E-state index in [1.165, 1.54) is 6.42 Å². The van der Waals surface area contributed by atoms with Crippen LogP contribution in [0.2, 0.25) is 0 Å². The molecule has 2 atom stereocenters. The molecule has 1 aliphatic rings. The summed E-state index contributed by atoms with van der Waals surface area (Å²) in [5, 5.41) is 3.01. The average Bonchev–Trinajstić information content (AvgIpc) is 2.46. The molecule has 0 spiro atoms. The quantitative estimate of drug-likeness (QED) is 0.813. The Balaban J connectivity index is 1.76. The molecule has 4 heteroatoms. The number of nitrogen functional groups attached to an aromatic ring is 1. The SMILES string of the molecule is CC(NC(=O)CCC1CCCCO1)c1cccc(N)c1. The third kappa shape index (κ3) is 4.53. The van der Waals surface area contributed by atoms with Crippen LogP contribution in [0.3, 0.4) is 0 Å². The molecule has 1 saturated heterocycles. The molecular formula is C16H24N2O2. The van der Waals surface area contributed by atoms with Crippen LogP contribution in [-0.4, -0.2) is 18.6 Å². The standard InChI is InChI=1S/C16H24N2O2/c1-12(13-5-4-6-14(17)11-13)18-16(19)9-8-15-7-2-3-10-20-15/h4-6,11-12,15H,2-3,7-10,17H2,1H3,(H,18,19). The average molecular weight is 276 g/mol. The van der Waals surface area contributed by atoms with E-state index in [1.54, 1.807) is 0 Å². The van der Waals surface area contributed by atoms with Crippen molar-refractivity contribution in [3.05, 3.63) is 29.8 Å². The van der Waals surface area contributed by atoms with E-state index in [-0.39, 0.29) is 18.1 Å². The van der Waals surface area contributed by atoms with Crippen LogP contribution in [0, 0.1) is 0 Å². The Morgan fingerprint density at radius 2 is 2.35 bits per heavy atom. The molecule has 1 aromatic carbocycles. The monoisotopic (exact) mass is 276 g/mol. The van der Waals surface area contributed by atoms with E-state index in [0.29, 0.717) is 6.42 Å². The Kier molecular flexibility index (Phi) is 5.41.